The summed E-state index contributed by atoms with van der Waals surface area (Å²) in [5, 5.41) is 8.97. The number of nitrogens with two attached hydrogens (primary N) is 1. The summed E-state index contributed by atoms with van der Waals surface area (Å²) in [7, 11) is 0. The molecule has 3 heteroatoms. The van der Waals surface area contributed by atoms with E-state index in [-0.39, 0.29) is 6.10 Å². The molecule has 0 aromatic carbocycles. The monoisotopic (exact) mass is 173 g/mol. The third-order valence-electron chi connectivity index (χ3n) is 2.31. The highest BCUT2D eigenvalue weighted by Crippen LogP contribution is 2.20. The summed E-state index contributed by atoms with van der Waals surface area (Å²) >= 11 is 0. The van der Waals surface area contributed by atoms with Gasteiger partial charge in [0.05, 0.1) is 12.2 Å². The number of hydrogen-bond acceptors (Lipinski definition) is 3. The maximum Gasteiger partial charge on any atom is 0.0590 e. The van der Waals surface area contributed by atoms with Crippen LogP contribution >= 0.6 is 0 Å². The lowest BCUT2D eigenvalue weighted by molar-refractivity contribution is 0.0351. The molecule has 3 nitrogen and oxygen atoms in total. The van der Waals surface area contributed by atoms with Crippen LogP contribution in [0.5, 0.6) is 0 Å². The van der Waals surface area contributed by atoms with Crippen LogP contribution in [-0.4, -0.2) is 30.0 Å². The second-order valence-corrected chi connectivity index (χ2v) is 3.70. The van der Waals surface area contributed by atoms with Crippen LogP contribution in [0.4, 0.5) is 0 Å². The molecule has 0 aliphatic heterocycles. The fourth-order valence-corrected chi connectivity index (χ4v) is 1.53. The molecule has 0 bridgehead atoms. The van der Waals surface area contributed by atoms with Gasteiger partial charge < -0.3 is 15.6 Å². The average Bonchev–Trinajstić information content (AvgIpc) is 2.35. The number of hydrogen-bond donors (Lipinski definition) is 2. The normalized spacial score (nSPS) is 32.2. The first-order valence-corrected chi connectivity index (χ1v) is 4.73. The average molecular weight is 173 g/mol. The molecular formula is C9H19NO2. The highest BCUT2D eigenvalue weighted by Gasteiger charge is 2.21. The summed E-state index contributed by atoms with van der Waals surface area (Å²) in [6.45, 7) is 2.44. The Morgan fingerprint density at radius 2 is 2.33 bits per heavy atom. The fraction of sp³-hybridized carbons (Fsp3) is 1.00. The molecule has 0 spiro atoms. The van der Waals surface area contributed by atoms with E-state index in [0.29, 0.717) is 18.8 Å². The van der Waals surface area contributed by atoms with Gasteiger partial charge in [-0.15, -0.1) is 0 Å². The Hall–Kier alpha value is -0.120. The molecule has 3 atom stereocenters. The van der Waals surface area contributed by atoms with Crippen LogP contribution in [0.15, 0.2) is 0 Å². The maximum absolute atomic E-state index is 8.97. The first kappa shape index (κ1) is 9.96. The minimum atomic E-state index is -0.250. The van der Waals surface area contributed by atoms with E-state index >= 15 is 0 Å². The van der Waals surface area contributed by atoms with Crippen molar-refractivity contribution in [3.05, 3.63) is 0 Å². The lowest BCUT2D eigenvalue weighted by atomic mass is 10.2. The second-order valence-electron chi connectivity index (χ2n) is 3.70. The van der Waals surface area contributed by atoms with Crippen molar-refractivity contribution in [3.63, 3.8) is 0 Å². The third kappa shape index (κ3) is 3.52. The topological polar surface area (TPSA) is 55.5 Å². The first-order valence-electron chi connectivity index (χ1n) is 4.73. The molecule has 12 heavy (non-hydrogen) atoms. The Bertz CT molecular complexity index is 128. The summed E-state index contributed by atoms with van der Waals surface area (Å²) in [5.74, 6) is 0. The zero-order valence-electron chi connectivity index (χ0n) is 7.70. The predicted octanol–water partition coefficient (Wildman–Crippen LogP) is 0.654. The minimum Gasteiger partial charge on any atom is -0.393 e. The van der Waals surface area contributed by atoms with Crippen LogP contribution in [0.2, 0.25) is 0 Å². The molecule has 0 aromatic rings. The second kappa shape index (κ2) is 4.80. The SMILES string of the molecule is CC(O)CCOC1CCC(N)C1. The van der Waals surface area contributed by atoms with Gasteiger partial charge >= 0.3 is 0 Å². The molecule has 0 saturated heterocycles. The highest BCUT2D eigenvalue weighted by molar-refractivity contribution is 4.78. The van der Waals surface area contributed by atoms with Crippen LogP contribution in [0, 0.1) is 0 Å². The van der Waals surface area contributed by atoms with E-state index in [0.717, 1.165) is 25.7 Å². The fourth-order valence-electron chi connectivity index (χ4n) is 1.53. The summed E-state index contributed by atoms with van der Waals surface area (Å²) in [6, 6.07) is 0.335. The molecule has 1 aliphatic rings. The van der Waals surface area contributed by atoms with Crippen LogP contribution in [-0.2, 0) is 4.74 Å². The maximum atomic E-state index is 8.97. The van der Waals surface area contributed by atoms with Gasteiger partial charge in [-0.25, -0.2) is 0 Å². The molecule has 0 heterocycles. The first-order chi connectivity index (χ1) is 5.68. The van der Waals surface area contributed by atoms with Crippen molar-refractivity contribution in [2.45, 2.75) is 50.9 Å². The standard InChI is InChI=1S/C9H19NO2/c1-7(11)4-5-12-9-3-2-8(10)6-9/h7-9,11H,2-6,10H2,1H3. The minimum absolute atomic E-state index is 0.250. The van der Waals surface area contributed by atoms with Crippen LogP contribution in [0.25, 0.3) is 0 Å². The molecule has 72 valence electrons. The van der Waals surface area contributed by atoms with Gasteiger partial charge in [0.2, 0.25) is 0 Å². The van der Waals surface area contributed by atoms with Gasteiger partial charge in [-0.3, -0.25) is 0 Å². The van der Waals surface area contributed by atoms with Crippen molar-refractivity contribution in [1.82, 2.24) is 0 Å². The number of aliphatic hydroxyl groups is 1. The van der Waals surface area contributed by atoms with Gasteiger partial charge in [0.1, 0.15) is 0 Å². The Kier molecular flexibility index (Phi) is 3.98. The van der Waals surface area contributed by atoms with Crippen molar-refractivity contribution in [2.75, 3.05) is 6.61 Å². The van der Waals surface area contributed by atoms with Gasteiger partial charge in [-0.1, -0.05) is 0 Å². The van der Waals surface area contributed by atoms with Crippen molar-refractivity contribution in [2.24, 2.45) is 5.73 Å². The van der Waals surface area contributed by atoms with Crippen molar-refractivity contribution in [1.29, 1.82) is 0 Å². The van der Waals surface area contributed by atoms with E-state index in [1.54, 1.807) is 6.92 Å². The Morgan fingerprint density at radius 1 is 1.58 bits per heavy atom. The molecule has 1 rings (SSSR count). The van der Waals surface area contributed by atoms with Crippen molar-refractivity contribution >= 4 is 0 Å². The van der Waals surface area contributed by atoms with E-state index in [1.165, 1.54) is 0 Å². The van der Waals surface area contributed by atoms with Gasteiger partial charge in [0.15, 0.2) is 0 Å². The molecule has 3 N–H and O–H groups in total. The van der Waals surface area contributed by atoms with Gasteiger partial charge in [-0.2, -0.15) is 0 Å². The lowest BCUT2D eigenvalue weighted by Gasteiger charge is -2.11. The molecule has 1 fully saturated rings. The van der Waals surface area contributed by atoms with E-state index in [1.807, 2.05) is 0 Å². The van der Waals surface area contributed by atoms with Gasteiger partial charge in [-0.05, 0) is 32.6 Å². The largest absolute Gasteiger partial charge is 0.393 e. The predicted molar refractivity (Wildman–Crippen MR) is 47.9 cm³/mol. The van der Waals surface area contributed by atoms with Crippen molar-refractivity contribution in [3.8, 4) is 0 Å². The van der Waals surface area contributed by atoms with E-state index in [9.17, 15) is 0 Å². The summed E-state index contributed by atoms with van der Waals surface area (Å²) in [5.41, 5.74) is 5.73. The number of rotatable bonds is 4. The number of aliphatic hydroxyl groups excluding tert-OH is 1. The number of ether oxygens (including phenoxy) is 1. The molecule has 1 saturated carbocycles. The molecule has 0 radical (unpaired) electrons. The zero-order chi connectivity index (χ0) is 8.97. The molecule has 3 unspecified atom stereocenters. The van der Waals surface area contributed by atoms with Crippen molar-refractivity contribution < 1.29 is 9.84 Å². The summed E-state index contributed by atoms with van der Waals surface area (Å²) in [6.07, 6.45) is 3.98. The van der Waals surface area contributed by atoms with E-state index < -0.39 is 0 Å². The molecular weight excluding hydrogens is 154 g/mol. The highest BCUT2D eigenvalue weighted by atomic mass is 16.5. The smallest absolute Gasteiger partial charge is 0.0590 e. The molecule has 0 aromatic heterocycles. The van der Waals surface area contributed by atoms with E-state index in [2.05, 4.69) is 0 Å². The Balaban J connectivity index is 2.00. The van der Waals surface area contributed by atoms with Gasteiger partial charge in [0, 0.05) is 12.6 Å². The zero-order valence-corrected chi connectivity index (χ0v) is 7.70. The van der Waals surface area contributed by atoms with Crippen LogP contribution < -0.4 is 5.73 Å². The summed E-state index contributed by atoms with van der Waals surface area (Å²) in [4.78, 5) is 0. The molecule has 1 aliphatic carbocycles. The Morgan fingerprint density at radius 3 is 2.83 bits per heavy atom. The molecule has 0 amide bonds. The Labute approximate surface area is 73.9 Å². The lowest BCUT2D eigenvalue weighted by Crippen LogP contribution is -2.18. The van der Waals surface area contributed by atoms with Gasteiger partial charge in [0.25, 0.3) is 0 Å². The van der Waals surface area contributed by atoms with Crippen LogP contribution in [0.1, 0.15) is 32.6 Å². The third-order valence-corrected chi connectivity index (χ3v) is 2.31. The van der Waals surface area contributed by atoms with Crippen LogP contribution in [0.3, 0.4) is 0 Å². The van der Waals surface area contributed by atoms with E-state index in [4.69, 9.17) is 15.6 Å². The summed E-state index contributed by atoms with van der Waals surface area (Å²) < 4.78 is 5.54. The quantitative estimate of drug-likeness (QED) is 0.656.